The van der Waals surface area contributed by atoms with Crippen LogP contribution in [0.3, 0.4) is 0 Å². The van der Waals surface area contributed by atoms with E-state index >= 15 is 0 Å². The monoisotopic (exact) mass is 308 g/mol. The summed E-state index contributed by atoms with van der Waals surface area (Å²) in [7, 11) is -3.19. The third kappa shape index (κ3) is 2.31. The number of sulfone groups is 1. The van der Waals surface area contributed by atoms with E-state index < -0.39 is 27.4 Å². The number of carboxylic acids is 1. The number of aromatic carboxylic acids is 1. The van der Waals surface area contributed by atoms with Gasteiger partial charge in [-0.2, -0.15) is 5.10 Å². The van der Waals surface area contributed by atoms with Gasteiger partial charge in [-0.3, -0.25) is 4.79 Å². The summed E-state index contributed by atoms with van der Waals surface area (Å²) in [6.45, 7) is 0. The van der Waals surface area contributed by atoms with Crippen molar-refractivity contribution in [2.45, 2.75) is 12.5 Å². The van der Waals surface area contributed by atoms with Crippen LogP contribution < -0.4 is 5.56 Å². The summed E-state index contributed by atoms with van der Waals surface area (Å²) in [4.78, 5) is 23.7. The molecule has 1 atom stereocenters. The molecule has 0 amide bonds. The van der Waals surface area contributed by atoms with E-state index in [0.29, 0.717) is 0 Å². The number of carbonyl (C=O) groups is 1. The average molecular weight is 308 g/mol. The molecule has 1 unspecified atom stereocenters. The Morgan fingerprint density at radius 1 is 1.29 bits per heavy atom. The van der Waals surface area contributed by atoms with Crippen LogP contribution in [0.25, 0.3) is 10.8 Å². The second kappa shape index (κ2) is 4.66. The maximum Gasteiger partial charge on any atom is 0.357 e. The van der Waals surface area contributed by atoms with Crippen molar-refractivity contribution in [2.75, 3.05) is 11.5 Å². The van der Waals surface area contributed by atoms with Gasteiger partial charge in [-0.1, -0.05) is 18.2 Å². The number of hydrogen-bond acceptors (Lipinski definition) is 5. The highest BCUT2D eigenvalue weighted by Crippen LogP contribution is 2.23. The molecule has 1 aliphatic heterocycles. The number of hydrogen-bond donors (Lipinski definition) is 1. The van der Waals surface area contributed by atoms with E-state index in [0.717, 1.165) is 4.68 Å². The zero-order valence-corrected chi connectivity index (χ0v) is 11.7. The van der Waals surface area contributed by atoms with Gasteiger partial charge < -0.3 is 5.11 Å². The van der Waals surface area contributed by atoms with E-state index in [1.165, 1.54) is 12.1 Å². The average Bonchev–Trinajstić information content (AvgIpc) is 2.79. The number of aromatic nitrogens is 2. The van der Waals surface area contributed by atoms with Gasteiger partial charge in [0.2, 0.25) is 0 Å². The molecular weight excluding hydrogens is 296 g/mol. The largest absolute Gasteiger partial charge is 0.476 e. The van der Waals surface area contributed by atoms with E-state index in [9.17, 15) is 23.1 Å². The fraction of sp³-hybridized carbons (Fsp3) is 0.308. The van der Waals surface area contributed by atoms with Crippen LogP contribution in [0.1, 0.15) is 23.0 Å². The van der Waals surface area contributed by atoms with Gasteiger partial charge >= 0.3 is 5.97 Å². The predicted molar refractivity (Wildman–Crippen MR) is 75.3 cm³/mol. The molecule has 0 spiro atoms. The first-order valence-corrected chi connectivity index (χ1v) is 8.16. The van der Waals surface area contributed by atoms with Crippen LogP contribution in [-0.4, -0.2) is 40.8 Å². The number of rotatable bonds is 2. The second-order valence-corrected chi connectivity index (χ2v) is 7.23. The summed E-state index contributed by atoms with van der Waals surface area (Å²) >= 11 is 0. The molecule has 2 heterocycles. The highest BCUT2D eigenvalue weighted by molar-refractivity contribution is 7.91. The van der Waals surface area contributed by atoms with E-state index in [1.807, 2.05) is 0 Å². The minimum Gasteiger partial charge on any atom is -0.476 e. The SMILES string of the molecule is O=C(O)c1nn(C2CCS(=O)(=O)C2)c(=O)c2ccccc12. The molecule has 2 aromatic rings. The molecule has 1 aromatic carbocycles. The van der Waals surface area contributed by atoms with Crippen molar-refractivity contribution in [1.29, 1.82) is 0 Å². The van der Waals surface area contributed by atoms with E-state index in [-0.39, 0.29) is 34.4 Å². The van der Waals surface area contributed by atoms with Crippen molar-refractivity contribution < 1.29 is 18.3 Å². The molecular formula is C13H12N2O5S. The zero-order valence-electron chi connectivity index (χ0n) is 10.9. The molecule has 0 radical (unpaired) electrons. The molecule has 8 heteroatoms. The summed E-state index contributed by atoms with van der Waals surface area (Å²) in [5, 5.41) is 13.6. The van der Waals surface area contributed by atoms with Gasteiger partial charge in [-0.25, -0.2) is 17.9 Å². The van der Waals surface area contributed by atoms with Crippen molar-refractivity contribution in [3.05, 3.63) is 40.3 Å². The van der Waals surface area contributed by atoms with Crippen LogP contribution in [0.4, 0.5) is 0 Å². The van der Waals surface area contributed by atoms with Crippen LogP contribution >= 0.6 is 0 Å². The minimum absolute atomic E-state index is 0.0129. The van der Waals surface area contributed by atoms with Gasteiger partial charge in [-0.05, 0) is 12.5 Å². The van der Waals surface area contributed by atoms with Crippen molar-refractivity contribution in [3.8, 4) is 0 Å². The normalized spacial score (nSPS) is 20.7. The van der Waals surface area contributed by atoms with Crippen LogP contribution in [0.5, 0.6) is 0 Å². The molecule has 0 aliphatic carbocycles. The highest BCUT2D eigenvalue weighted by Gasteiger charge is 2.31. The smallest absolute Gasteiger partial charge is 0.357 e. The van der Waals surface area contributed by atoms with Crippen LogP contribution in [0.2, 0.25) is 0 Å². The fourth-order valence-electron chi connectivity index (χ4n) is 2.58. The Balaban J connectivity index is 2.27. The maximum absolute atomic E-state index is 12.4. The van der Waals surface area contributed by atoms with E-state index in [1.54, 1.807) is 12.1 Å². The summed E-state index contributed by atoms with van der Waals surface area (Å²) in [5.74, 6) is -1.45. The molecule has 7 nitrogen and oxygen atoms in total. The van der Waals surface area contributed by atoms with Gasteiger partial charge in [0.25, 0.3) is 5.56 Å². The Kier molecular flexibility index (Phi) is 3.05. The number of nitrogens with zero attached hydrogens (tertiary/aromatic N) is 2. The van der Waals surface area contributed by atoms with Gasteiger partial charge in [0, 0.05) is 5.39 Å². The lowest BCUT2D eigenvalue weighted by atomic mass is 10.1. The lowest BCUT2D eigenvalue weighted by Crippen LogP contribution is -2.30. The molecule has 1 fully saturated rings. The van der Waals surface area contributed by atoms with Gasteiger partial charge in [-0.15, -0.1) is 0 Å². The number of carboxylic acid groups (broad SMARTS) is 1. The van der Waals surface area contributed by atoms with Crippen molar-refractivity contribution >= 4 is 26.6 Å². The van der Waals surface area contributed by atoms with Crippen LogP contribution in [-0.2, 0) is 9.84 Å². The Morgan fingerprint density at radius 2 is 1.95 bits per heavy atom. The highest BCUT2D eigenvalue weighted by atomic mass is 32.2. The second-order valence-electron chi connectivity index (χ2n) is 5.01. The Bertz CT molecular complexity index is 900. The third-order valence-electron chi connectivity index (χ3n) is 3.59. The maximum atomic E-state index is 12.4. The topological polar surface area (TPSA) is 106 Å². The first-order valence-electron chi connectivity index (χ1n) is 6.34. The minimum atomic E-state index is -3.19. The lowest BCUT2D eigenvalue weighted by Gasteiger charge is -2.13. The first kappa shape index (κ1) is 13.7. The van der Waals surface area contributed by atoms with E-state index in [4.69, 9.17) is 0 Å². The van der Waals surface area contributed by atoms with E-state index in [2.05, 4.69) is 5.10 Å². The molecule has 1 aromatic heterocycles. The van der Waals surface area contributed by atoms with Crippen molar-refractivity contribution in [1.82, 2.24) is 9.78 Å². The summed E-state index contributed by atoms with van der Waals surface area (Å²) in [6, 6.07) is 5.69. The summed E-state index contributed by atoms with van der Waals surface area (Å²) in [6.07, 6.45) is 0.270. The van der Waals surface area contributed by atoms with Gasteiger partial charge in [0.15, 0.2) is 15.5 Å². The quantitative estimate of drug-likeness (QED) is 0.863. The van der Waals surface area contributed by atoms with Gasteiger partial charge in [0.05, 0.1) is 22.9 Å². The van der Waals surface area contributed by atoms with Crippen molar-refractivity contribution in [3.63, 3.8) is 0 Å². The lowest BCUT2D eigenvalue weighted by molar-refractivity contribution is 0.0689. The molecule has 0 bridgehead atoms. The Hall–Kier alpha value is -2.22. The molecule has 1 aliphatic rings. The molecule has 0 saturated carbocycles. The summed E-state index contributed by atoms with van der Waals surface area (Å²) in [5.41, 5.74) is -0.702. The van der Waals surface area contributed by atoms with Gasteiger partial charge in [0.1, 0.15) is 0 Å². The third-order valence-corrected chi connectivity index (χ3v) is 5.34. The molecule has 3 rings (SSSR count). The standard InChI is InChI=1S/C13H12N2O5S/c16-12-10-4-2-1-3-9(10)11(13(17)18)14-15(12)8-5-6-21(19,20)7-8/h1-4,8H,5-7H2,(H,17,18). The zero-order chi connectivity index (χ0) is 15.2. The molecule has 110 valence electrons. The fourth-order valence-corrected chi connectivity index (χ4v) is 4.27. The predicted octanol–water partition coefficient (Wildman–Crippen LogP) is 0.454. The number of benzene rings is 1. The van der Waals surface area contributed by atoms with Crippen LogP contribution in [0.15, 0.2) is 29.1 Å². The molecule has 1 saturated heterocycles. The van der Waals surface area contributed by atoms with Crippen molar-refractivity contribution in [2.24, 2.45) is 0 Å². The molecule has 1 N–H and O–H groups in total. The Labute approximate surface area is 119 Å². The molecule has 21 heavy (non-hydrogen) atoms. The first-order chi connectivity index (χ1) is 9.89. The number of fused-ring (bicyclic) bond motifs is 1. The summed E-state index contributed by atoms with van der Waals surface area (Å²) < 4.78 is 24.1. The Morgan fingerprint density at radius 3 is 2.52 bits per heavy atom. The van der Waals surface area contributed by atoms with Crippen LogP contribution in [0, 0.1) is 0 Å².